The maximum absolute atomic E-state index is 12.3. The highest BCUT2D eigenvalue weighted by molar-refractivity contribution is 6.42. The lowest BCUT2D eigenvalue weighted by molar-refractivity contribution is -0.0418. The summed E-state index contributed by atoms with van der Waals surface area (Å²) in [5, 5.41) is 35.9. The summed E-state index contributed by atoms with van der Waals surface area (Å²) in [4.78, 5) is 12.3. The summed E-state index contributed by atoms with van der Waals surface area (Å²) in [6.45, 7) is 0. The van der Waals surface area contributed by atoms with Gasteiger partial charge in [0.1, 0.15) is 0 Å². The lowest BCUT2D eigenvalue weighted by Gasteiger charge is -2.13. The summed E-state index contributed by atoms with van der Waals surface area (Å²) in [6, 6.07) is 5.68. The van der Waals surface area contributed by atoms with E-state index < -0.39 is 12.2 Å². The molecule has 10 heteroatoms. The van der Waals surface area contributed by atoms with E-state index >= 15 is 0 Å². The molecule has 4 N–H and O–H groups in total. The molecule has 0 fully saturated rings. The minimum Gasteiger partial charge on any atom is -0.364 e. The number of rotatable bonds is 4. The summed E-state index contributed by atoms with van der Waals surface area (Å²) >= 11 is 11.8. The Morgan fingerprint density at radius 3 is 2.52 bits per heavy atom. The van der Waals surface area contributed by atoms with Crippen molar-refractivity contribution in [3.8, 4) is 11.3 Å². The summed E-state index contributed by atoms with van der Waals surface area (Å²) in [5.41, 5.74) is 1.43. The number of nitrogens with zero attached hydrogens (tertiary/aromatic N) is 3. The first-order valence-electron chi connectivity index (χ1n) is 6.95. The monoisotopic (exact) mass is 379 g/mol. The number of benzene rings is 1. The summed E-state index contributed by atoms with van der Waals surface area (Å²) in [6.07, 6.45) is 1.39. The molecule has 0 spiro atoms. The molecule has 25 heavy (non-hydrogen) atoms. The van der Waals surface area contributed by atoms with Gasteiger partial charge >= 0.3 is 0 Å². The van der Waals surface area contributed by atoms with Crippen molar-refractivity contribution in [1.29, 1.82) is 0 Å². The Bertz CT molecular complexity index is 898. The second-order valence-electron chi connectivity index (χ2n) is 4.97. The molecule has 0 atom stereocenters. The standard InChI is InChI=1S/C15H11Cl2N5O3/c16-9-3-8(15(24)25)13(4-10(9)17)20-14(23)12-2-1-11(21-22-12)7-5-18-19-6-7/h1-6,15,24-25H,(H,18,19)(H,20,23). The van der Waals surface area contributed by atoms with Gasteiger partial charge in [-0.2, -0.15) is 5.10 Å². The van der Waals surface area contributed by atoms with Crippen LogP contribution in [0.5, 0.6) is 0 Å². The Morgan fingerprint density at radius 1 is 1.16 bits per heavy atom. The fourth-order valence-corrected chi connectivity index (χ4v) is 2.40. The number of aromatic nitrogens is 4. The second kappa shape index (κ2) is 7.16. The van der Waals surface area contributed by atoms with Crippen molar-refractivity contribution in [1.82, 2.24) is 20.4 Å². The van der Waals surface area contributed by atoms with Gasteiger partial charge in [-0.15, -0.1) is 10.2 Å². The molecule has 0 saturated carbocycles. The molecule has 0 aliphatic heterocycles. The number of carbonyl (C=O) groups is 1. The predicted molar refractivity (Wildman–Crippen MR) is 91.2 cm³/mol. The van der Waals surface area contributed by atoms with Gasteiger partial charge in [0.15, 0.2) is 12.0 Å². The highest BCUT2D eigenvalue weighted by Gasteiger charge is 2.17. The Hall–Kier alpha value is -2.52. The summed E-state index contributed by atoms with van der Waals surface area (Å²) in [7, 11) is 0. The molecule has 2 heterocycles. The molecule has 0 saturated heterocycles. The van der Waals surface area contributed by atoms with Crippen molar-refractivity contribution in [2.24, 2.45) is 0 Å². The first kappa shape index (κ1) is 17.3. The van der Waals surface area contributed by atoms with Crippen LogP contribution in [0.2, 0.25) is 10.0 Å². The van der Waals surface area contributed by atoms with Gasteiger partial charge in [0.25, 0.3) is 5.91 Å². The Labute approximate surface area is 151 Å². The predicted octanol–water partition coefficient (Wildman–Crippen LogP) is 2.41. The molecule has 2 aromatic heterocycles. The molecule has 0 unspecified atom stereocenters. The molecule has 8 nitrogen and oxygen atoms in total. The third-order valence-corrected chi connectivity index (χ3v) is 4.03. The van der Waals surface area contributed by atoms with Crippen molar-refractivity contribution >= 4 is 34.8 Å². The topological polar surface area (TPSA) is 124 Å². The zero-order valence-electron chi connectivity index (χ0n) is 12.4. The van der Waals surface area contributed by atoms with Gasteiger partial charge in [-0.25, -0.2) is 0 Å². The van der Waals surface area contributed by atoms with Crippen LogP contribution in [0.3, 0.4) is 0 Å². The maximum Gasteiger partial charge on any atom is 0.276 e. The number of amides is 1. The van der Waals surface area contributed by atoms with Gasteiger partial charge in [-0.1, -0.05) is 23.2 Å². The minimum absolute atomic E-state index is 0.00530. The number of H-pyrrole nitrogens is 1. The molecular formula is C15H11Cl2N5O3. The molecule has 0 aliphatic rings. The number of hydrogen-bond donors (Lipinski definition) is 4. The van der Waals surface area contributed by atoms with E-state index in [1.807, 2.05) is 0 Å². The zero-order valence-corrected chi connectivity index (χ0v) is 14.0. The van der Waals surface area contributed by atoms with Crippen LogP contribution in [0.4, 0.5) is 5.69 Å². The zero-order chi connectivity index (χ0) is 18.0. The van der Waals surface area contributed by atoms with Gasteiger partial charge in [0, 0.05) is 17.3 Å². The highest BCUT2D eigenvalue weighted by atomic mass is 35.5. The fourth-order valence-electron chi connectivity index (χ4n) is 2.07. The van der Waals surface area contributed by atoms with Crippen LogP contribution in [0.1, 0.15) is 22.3 Å². The molecular weight excluding hydrogens is 369 g/mol. The van der Waals surface area contributed by atoms with Crippen LogP contribution in [-0.2, 0) is 0 Å². The molecule has 0 aliphatic carbocycles. The van der Waals surface area contributed by atoms with E-state index in [-0.39, 0.29) is 27.0 Å². The van der Waals surface area contributed by atoms with E-state index in [2.05, 4.69) is 25.7 Å². The number of carbonyl (C=O) groups excluding carboxylic acids is 1. The first-order chi connectivity index (χ1) is 12.0. The van der Waals surface area contributed by atoms with E-state index in [1.165, 1.54) is 18.2 Å². The molecule has 0 radical (unpaired) electrons. The van der Waals surface area contributed by atoms with Crippen molar-refractivity contribution in [2.45, 2.75) is 6.29 Å². The van der Waals surface area contributed by atoms with E-state index in [1.54, 1.807) is 18.5 Å². The van der Waals surface area contributed by atoms with Crippen LogP contribution in [0, 0.1) is 0 Å². The van der Waals surface area contributed by atoms with Gasteiger partial charge < -0.3 is 15.5 Å². The van der Waals surface area contributed by atoms with E-state index in [0.717, 1.165) is 5.56 Å². The van der Waals surface area contributed by atoms with Crippen LogP contribution in [-0.4, -0.2) is 36.5 Å². The van der Waals surface area contributed by atoms with Crippen LogP contribution in [0.25, 0.3) is 11.3 Å². The lowest BCUT2D eigenvalue weighted by Crippen LogP contribution is -2.16. The largest absolute Gasteiger partial charge is 0.364 e. The normalized spacial score (nSPS) is 10.9. The van der Waals surface area contributed by atoms with Crippen molar-refractivity contribution in [2.75, 3.05) is 5.32 Å². The number of aliphatic hydroxyl groups is 2. The van der Waals surface area contributed by atoms with Crippen molar-refractivity contribution in [3.63, 3.8) is 0 Å². The summed E-state index contributed by atoms with van der Waals surface area (Å²) < 4.78 is 0. The SMILES string of the molecule is O=C(Nc1cc(Cl)c(Cl)cc1C(O)O)c1ccc(-c2cn[nH]c2)nn1. The number of halogens is 2. The fraction of sp³-hybridized carbons (Fsp3) is 0.0667. The molecule has 1 aromatic carbocycles. The van der Waals surface area contributed by atoms with Crippen LogP contribution < -0.4 is 5.32 Å². The van der Waals surface area contributed by atoms with Gasteiger partial charge in [0.05, 0.1) is 27.6 Å². The number of aromatic amines is 1. The Morgan fingerprint density at radius 2 is 1.92 bits per heavy atom. The molecule has 128 valence electrons. The van der Waals surface area contributed by atoms with E-state index in [9.17, 15) is 15.0 Å². The molecule has 1 amide bonds. The van der Waals surface area contributed by atoms with Gasteiger partial charge in [-0.05, 0) is 24.3 Å². The lowest BCUT2D eigenvalue weighted by atomic mass is 10.1. The van der Waals surface area contributed by atoms with Gasteiger partial charge in [0.2, 0.25) is 0 Å². The van der Waals surface area contributed by atoms with E-state index in [0.29, 0.717) is 5.69 Å². The Balaban J connectivity index is 1.84. The molecule has 3 rings (SSSR count). The van der Waals surface area contributed by atoms with E-state index in [4.69, 9.17) is 23.2 Å². The number of nitrogens with one attached hydrogen (secondary N) is 2. The average molecular weight is 380 g/mol. The Kier molecular flexibility index (Phi) is 4.95. The molecule has 0 bridgehead atoms. The van der Waals surface area contributed by atoms with Crippen LogP contribution in [0.15, 0.2) is 36.7 Å². The average Bonchev–Trinajstić information content (AvgIpc) is 3.12. The van der Waals surface area contributed by atoms with Crippen molar-refractivity contribution < 1.29 is 15.0 Å². The number of aliphatic hydroxyl groups excluding tert-OH is 1. The number of anilines is 1. The number of hydrogen-bond acceptors (Lipinski definition) is 6. The molecule has 3 aromatic rings. The summed E-state index contributed by atoms with van der Waals surface area (Å²) in [5.74, 6) is -0.591. The second-order valence-corrected chi connectivity index (χ2v) is 5.79. The van der Waals surface area contributed by atoms with Crippen LogP contribution >= 0.6 is 23.2 Å². The highest BCUT2D eigenvalue weighted by Crippen LogP contribution is 2.32. The maximum atomic E-state index is 12.3. The van der Waals surface area contributed by atoms with Crippen molar-refractivity contribution in [3.05, 3.63) is 58.0 Å². The minimum atomic E-state index is -1.83. The smallest absolute Gasteiger partial charge is 0.276 e. The first-order valence-corrected chi connectivity index (χ1v) is 7.70. The third-order valence-electron chi connectivity index (χ3n) is 3.31. The quantitative estimate of drug-likeness (QED) is 0.516. The third kappa shape index (κ3) is 3.77. The van der Waals surface area contributed by atoms with Gasteiger partial charge in [-0.3, -0.25) is 9.89 Å².